The minimum Gasteiger partial charge on any atom is -0.341 e. The van der Waals surface area contributed by atoms with Crippen LogP contribution in [0, 0.1) is 12.3 Å². The smallest absolute Gasteiger partial charge is 0.247 e. The van der Waals surface area contributed by atoms with E-state index in [9.17, 15) is 4.79 Å². The number of hydrogen-bond acceptors (Lipinski definition) is 1. The lowest BCUT2D eigenvalue weighted by Crippen LogP contribution is -2.24. The van der Waals surface area contributed by atoms with Gasteiger partial charge in [0.05, 0.1) is 6.54 Å². The molecule has 0 saturated carbocycles. The van der Waals surface area contributed by atoms with E-state index < -0.39 is 0 Å². The normalized spacial score (nSPS) is 11.4. The van der Waals surface area contributed by atoms with Gasteiger partial charge < -0.3 is 5.32 Å². The molecule has 0 heterocycles. The van der Waals surface area contributed by atoms with Crippen molar-refractivity contribution in [1.82, 2.24) is 5.32 Å². The summed E-state index contributed by atoms with van der Waals surface area (Å²) in [6.45, 7) is 3.91. The van der Waals surface area contributed by atoms with Crippen molar-refractivity contribution in [1.29, 1.82) is 0 Å². The summed E-state index contributed by atoms with van der Waals surface area (Å²) in [4.78, 5) is 11.7. The molecular formula is C14H14ClNO. The number of halogens is 1. The van der Waals surface area contributed by atoms with Crippen LogP contribution in [0.25, 0.3) is 5.57 Å². The van der Waals surface area contributed by atoms with Gasteiger partial charge in [0.15, 0.2) is 0 Å². The summed E-state index contributed by atoms with van der Waals surface area (Å²) in [5.74, 6) is 2.22. The number of carbonyl (C=O) groups is 1. The molecule has 17 heavy (non-hydrogen) atoms. The van der Waals surface area contributed by atoms with Crippen LogP contribution < -0.4 is 5.32 Å². The summed E-state index contributed by atoms with van der Waals surface area (Å²) in [7, 11) is 0. The van der Waals surface area contributed by atoms with Crippen LogP contribution in [0.4, 0.5) is 0 Å². The molecule has 1 N–H and O–H groups in total. The average molecular weight is 248 g/mol. The topological polar surface area (TPSA) is 29.1 Å². The molecule has 0 unspecified atom stereocenters. The van der Waals surface area contributed by atoms with Crippen LogP contribution in [0.1, 0.15) is 19.4 Å². The van der Waals surface area contributed by atoms with Crippen molar-refractivity contribution in [2.24, 2.45) is 0 Å². The van der Waals surface area contributed by atoms with Gasteiger partial charge in [0.2, 0.25) is 5.91 Å². The molecule has 0 atom stereocenters. The van der Waals surface area contributed by atoms with E-state index in [-0.39, 0.29) is 12.5 Å². The molecule has 3 heteroatoms. The zero-order valence-electron chi connectivity index (χ0n) is 9.88. The second-order valence-corrected chi connectivity index (χ2v) is 4.08. The second-order valence-electron chi connectivity index (χ2n) is 3.64. The van der Waals surface area contributed by atoms with Gasteiger partial charge in [-0.1, -0.05) is 29.7 Å². The van der Waals surface area contributed by atoms with E-state index in [4.69, 9.17) is 18.0 Å². The maximum absolute atomic E-state index is 11.7. The fourth-order valence-corrected chi connectivity index (χ4v) is 1.48. The van der Waals surface area contributed by atoms with E-state index in [0.29, 0.717) is 10.6 Å². The van der Waals surface area contributed by atoms with E-state index in [1.54, 1.807) is 19.1 Å². The Morgan fingerprint density at radius 1 is 1.35 bits per heavy atom. The third-order valence-electron chi connectivity index (χ3n) is 2.53. The molecule has 0 aliphatic carbocycles. The largest absolute Gasteiger partial charge is 0.341 e. The molecule has 0 radical (unpaired) electrons. The maximum Gasteiger partial charge on any atom is 0.247 e. The SMILES string of the molecule is C#CCNC(=O)/C(C)=C(/C)c1ccc(Cl)cc1. The highest BCUT2D eigenvalue weighted by Gasteiger charge is 2.08. The minimum absolute atomic E-state index is 0.143. The molecule has 0 spiro atoms. The Hall–Kier alpha value is -1.72. The first kappa shape index (κ1) is 13.3. The summed E-state index contributed by atoms with van der Waals surface area (Å²) in [6, 6.07) is 7.37. The summed E-state index contributed by atoms with van der Waals surface area (Å²) < 4.78 is 0. The zero-order valence-corrected chi connectivity index (χ0v) is 10.6. The predicted molar refractivity (Wildman–Crippen MR) is 71.6 cm³/mol. The van der Waals surface area contributed by atoms with Gasteiger partial charge in [0, 0.05) is 10.6 Å². The van der Waals surface area contributed by atoms with Gasteiger partial charge >= 0.3 is 0 Å². The van der Waals surface area contributed by atoms with Gasteiger partial charge in [-0.05, 0) is 37.1 Å². The lowest BCUT2D eigenvalue weighted by molar-refractivity contribution is -0.117. The number of carbonyl (C=O) groups excluding carboxylic acids is 1. The van der Waals surface area contributed by atoms with Crippen LogP contribution in [0.2, 0.25) is 5.02 Å². The average Bonchev–Trinajstić information content (AvgIpc) is 2.35. The van der Waals surface area contributed by atoms with Gasteiger partial charge in [-0.2, -0.15) is 0 Å². The van der Waals surface area contributed by atoms with E-state index in [0.717, 1.165) is 11.1 Å². The molecule has 1 amide bonds. The molecule has 0 saturated heterocycles. The number of allylic oxidation sites excluding steroid dienone is 1. The summed E-state index contributed by atoms with van der Waals surface area (Å²) in [6.07, 6.45) is 5.09. The van der Waals surface area contributed by atoms with Crippen LogP contribution in [0.15, 0.2) is 29.8 Å². The van der Waals surface area contributed by atoms with Crippen LogP contribution >= 0.6 is 11.6 Å². The number of benzene rings is 1. The predicted octanol–water partition coefficient (Wildman–Crippen LogP) is 2.88. The van der Waals surface area contributed by atoms with Gasteiger partial charge in [0.1, 0.15) is 0 Å². The van der Waals surface area contributed by atoms with E-state index >= 15 is 0 Å². The van der Waals surface area contributed by atoms with Gasteiger partial charge in [-0.25, -0.2) is 0 Å². The highest BCUT2D eigenvalue weighted by Crippen LogP contribution is 2.20. The van der Waals surface area contributed by atoms with E-state index in [1.165, 1.54) is 0 Å². The van der Waals surface area contributed by atoms with Gasteiger partial charge in [0.25, 0.3) is 0 Å². The number of hydrogen-bond donors (Lipinski definition) is 1. The number of terminal acetylenes is 1. The van der Waals surface area contributed by atoms with Crippen LogP contribution in [-0.2, 0) is 4.79 Å². The Morgan fingerprint density at radius 2 is 1.94 bits per heavy atom. The molecule has 1 aromatic rings. The molecule has 1 aromatic carbocycles. The number of nitrogens with one attached hydrogen (secondary N) is 1. The highest BCUT2D eigenvalue weighted by molar-refractivity contribution is 6.30. The standard InChI is InChI=1S/C14H14ClNO/c1-4-9-16-14(17)11(3)10(2)12-5-7-13(15)8-6-12/h1,5-8H,9H2,2-3H3,(H,16,17)/b11-10-. The number of amides is 1. The third-order valence-corrected chi connectivity index (χ3v) is 2.78. The van der Waals surface area contributed by atoms with Crippen molar-refractivity contribution < 1.29 is 4.79 Å². The van der Waals surface area contributed by atoms with E-state index in [1.807, 2.05) is 19.1 Å². The molecule has 0 aromatic heterocycles. The molecule has 88 valence electrons. The zero-order chi connectivity index (χ0) is 12.8. The maximum atomic E-state index is 11.7. The van der Waals surface area contributed by atoms with Crippen molar-refractivity contribution in [2.45, 2.75) is 13.8 Å². The summed E-state index contributed by atoms with van der Waals surface area (Å²) >= 11 is 5.81. The van der Waals surface area contributed by atoms with Crippen LogP contribution in [0.3, 0.4) is 0 Å². The van der Waals surface area contributed by atoms with Gasteiger partial charge in [-0.3, -0.25) is 4.79 Å². The van der Waals surface area contributed by atoms with Crippen LogP contribution in [-0.4, -0.2) is 12.5 Å². The Kier molecular flexibility index (Phi) is 4.81. The van der Waals surface area contributed by atoms with E-state index in [2.05, 4.69) is 11.2 Å². The molecule has 0 aliphatic heterocycles. The minimum atomic E-state index is -0.143. The van der Waals surface area contributed by atoms with Crippen molar-refractivity contribution in [3.05, 3.63) is 40.4 Å². The highest BCUT2D eigenvalue weighted by atomic mass is 35.5. The van der Waals surface area contributed by atoms with Crippen molar-refractivity contribution in [2.75, 3.05) is 6.54 Å². The molecule has 1 rings (SSSR count). The Morgan fingerprint density at radius 3 is 2.47 bits per heavy atom. The third kappa shape index (κ3) is 3.65. The Labute approximate surface area is 107 Å². The molecule has 0 aliphatic rings. The quantitative estimate of drug-likeness (QED) is 0.646. The number of rotatable bonds is 3. The monoisotopic (exact) mass is 247 g/mol. The first-order valence-electron chi connectivity index (χ1n) is 5.21. The van der Waals surface area contributed by atoms with Crippen molar-refractivity contribution in [3.8, 4) is 12.3 Å². The van der Waals surface area contributed by atoms with Crippen molar-refractivity contribution in [3.63, 3.8) is 0 Å². The molecule has 0 fully saturated rings. The summed E-state index contributed by atoms with van der Waals surface area (Å²) in [5, 5.41) is 3.31. The van der Waals surface area contributed by atoms with Gasteiger partial charge in [-0.15, -0.1) is 6.42 Å². The second kappa shape index (κ2) is 6.12. The summed E-state index contributed by atoms with van der Waals surface area (Å²) in [5.41, 5.74) is 2.54. The molecule has 2 nitrogen and oxygen atoms in total. The lowest BCUT2D eigenvalue weighted by atomic mass is 10.0. The lowest BCUT2D eigenvalue weighted by Gasteiger charge is -2.08. The first-order valence-corrected chi connectivity index (χ1v) is 5.59. The molecular weight excluding hydrogens is 234 g/mol. The Balaban J connectivity index is 2.93. The first-order chi connectivity index (χ1) is 8.06. The molecule has 0 bridgehead atoms. The Bertz CT molecular complexity index is 480. The fraction of sp³-hybridized carbons (Fsp3) is 0.214. The van der Waals surface area contributed by atoms with Crippen LogP contribution in [0.5, 0.6) is 0 Å². The fourth-order valence-electron chi connectivity index (χ4n) is 1.35. The van der Waals surface area contributed by atoms with Crippen molar-refractivity contribution >= 4 is 23.1 Å².